The van der Waals surface area contributed by atoms with E-state index < -0.39 is 0 Å². The first-order valence-electron chi connectivity index (χ1n) is 5.67. The summed E-state index contributed by atoms with van der Waals surface area (Å²) in [5, 5.41) is 3.12. The molecule has 0 spiro atoms. The number of benzene rings is 1. The molecule has 0 aromatic heterocycles. The van der Waals surface area contributed by atoms with Gasteiger partial charge < -0.3 is 5.32 Å². The van der Waals surface area contributed by atoms with Crippen LogP contribution in [0, 0.1) is 6.92 Å². The summed E-state index contributed by atoms with van der Waals surface area (Å²) in [7, 11) is 1.53. The van der Waals surface area contributed by atoms with Crippen LogP contribution >= 0.6 is 0 Å². The number of hydrogen-bond donors (Lipinski definition) is 1. The van der Waals surface area contributed by atoms with E-state index in [0.717, 1.165) is 5.56 Å². The lowest BCUT2D eigenvalue weighted by Crippen LogP contribution is -2.36. The molecule has 17 heavy (non-hydrogen) atoms. The average Bonchev–Trinajstić information content (AvgIpc) is 2.56. The highest BCUT2D eigenvalue weighted by Gasteiger charge is 2.35. The normalized spacial score (nSPS) is 20.1. The van der Waals surface area contributed by atoms with E-state index in [9.17, 15) is 9.59 Å². The molecule has 1 aromatic carbocycles. The van der Waals surface area contributed by atoms with E-state index in [2.05, 4.69) is 5.32 Å². The Morgan fingerprint density at radius 3 is 2.47 bits per heavy atom. The van der Waals surface area contributed by atoms with E-state index >= 15 is 0 Å². The smallest absolute Gasteiger partial charge is 0.246 e. The van der Waals surface area contributed by atoms with Crippen molar-refractivity contribution in [3.63, 3.8) is 0 Å². The molecule has 1 heterocycles. The number of nitrogens with zero attached hydrogens (tertiary/aromatic N) is 1. The summed E-state index contributed by atoms with van der Waals surface area (Å²) in [6.07, 6.45) is 0.265. The fourth-order valence-corrected chi connectivity index (χ4v) is 1.86. The number of likely N-dealkylation sites (tertiary alicyclic amines) is 1. The third-order valence-electron chi connectivity index (χ3n) is 3.05. The molecular weight excluding hydrogens is 216 g/mol. The van der Waals surface area contributed by atoms with Gasteiger partial charge in [0.15, 0.2) is 0 Å². The van der Waals surface area contributed by atoms with E-state index in [1.807, 2.05) is 31.2 Å². The average molecular weight is 232 g/mol. The van der Waals surface area contributed by atoms with E-state index in [0.29, 0.717) is 6.54 Å². The number of aryl methyl sites for hydroxylation is 1. The largest absolute Gasteiger partial charge is 0.301 e. The number of hydrogen-bond acceptors (Lipinski definition) is 3. The second kappa shape index (κ2) is 4.67. The van der Waals surface area contributed by atoms with Crippen molar-refractivity contribution < 1.29 is 9.59 Å². The summed E-state index contributed by atoms with van der Waals surface area (Å²) in [6.45, 7) is 2.64. The third-order valence-corrected chi connectivity index (χ3v) is 3.05. The van der Waals surface area contributed by atoms with Gasteiger partial charge in [0.05, 0.1) is 12.5 Å². The zero-order chi connectivity index (χ0) is 12.4. The number of likely N-dealkylation sites (N-methyl/N-ethyl adjacent to an activating group) is 1. The Balaban J connectivity index is 1.93. The molecule has 1 aromatic rings. The summed E-state index contributed by atoms with van der Waals surface area (Å²) in [5.74, 6) is -0.251. The fraction of sp³-hybridized carbons (Fsp3) is 0.385. The minimum Gasteiger partial charge on any atom is -0.301 e. The van der Waals surface area contributed by atoms with E-state index in [1.54, 1.807) is 0 Å². The van der Waals surface area contributed by atoms with Crippen molar-refractivity contribution in [2.24, 2.45) is 0 Å². The maximum atomic E-state index is 11.6. The second-order valence-corrected chi connectivity index (χ2v) is 4.41. The minimum atomic E-state index is -0.367. The summed E-state index contributed by atoms with van der Waals surface area (Å²) >= 11 is 0. The Morgan fingerprint density at radius 1 is 1.29 bits per heavy atom. The zero-order valence-corrected chi connectivity index (χ0v) is 10.1. The van der Waals surface area contributed by atoms with Crippen molar-refractivity contribution in [2.75, 3.05) is 7.05 Å². The molecule has 0 aliphatic carbocycles. The first-order chi connectivity index (χ1) is 8.08. The molecule has 2 rings (SSSR count). The van der Waals surface area contributed by atoms with Gasteiger partial charge in [-0.3, -0.25) is 14.5 Å². The van der Waals surface area contributed by atoms with Crippen LogP contribution in [-0.2, 0) is 16.1 Å². The van der Waals surface area contributed by atoms with Gasteiger partial charge >= 0.3 is 0 Å². The quantitative estimate of drug-likeness (QED) is 0.786. The van der Waals surface area contributed by atoms with Gasteiger partial charge in [0.1, 0.15) is 0 Å². The molecule has 1 saturated heterocycles. The van der Waals surface area contributed by atoms with Crippen molar-refractivity contribution in [1.82, 2.24) is 10.2 Å². The predicted octanol–water partition coefficient (Wildman–Crippen LogP) is 0.842. The molecule has 90 valence electrons. The van der Waals surface area contributed by atoms with Crippen LogP contribution in [0.5, 0.6) is 0 Å². The van der Waals surface area contributed by atoms with E-state index in [-0.39, 0.29) is 24.3 Å². The Bertz CT molecular complexity index is 439. The van der Waals surface area contributed by atoms with Crippen LogP contribution in [0.4, 0.5) is 0 Å². The van der Waals surface area contributed by atoms with Gasteiger partial charge in [-0.25, -0.2) is 0 Å². The van der Waals surface area contributed by atoms with Gasteiger partial charge in [0.2, 0.25) is 11.8 Å². The number of amides is 2. The van der Waals surface area contributed by atoms with Crippen molar-refractivity contribution in [1.29, 1.82) is 0 Å². The highest BCUT2D eigenvalue weighted by Crippen LogP contribution is 2.11. The molecule has 1 aliphatic heterocycles. The monoisotopic (exact) mass is 232 g/mol. The van der Waals surface area contributed by atoms with Crippen molar-refractivity contribution >= 4 is 11.8 Å². The molecule has 0 radical (unpaired) electrons. The van der Waals surface area contributed by atoms with Gasteiger partial charge in [0.25, 0.3) is 0 Å². The van der Waals surface area contributed by atoms with Crippen molar-refractivity contribution in [3.05, 3.63) is 35.4 Å². The molecule has 0 saturated carbocycles. The Hall–Kier alpha value is -1.68. The fourth-order valence-electron chi connectivity index (χ4n) is 1.86. The lowest BCUT2D eigenvalue weighted by atomic mass is 10.1. The molecule has 1 unspecified atom stereocenters. The van der Waals surface area contributed by atoms with Gasteiger partial charge in [-0.2, -0.15) is 0 Å². The molecule has 1 atom stereocenters. The lowest BCUT2D eigenvalue weighted by molar-refractivity contribution is -0.137. The van der Waals surface area contributed by atoms with Gasteiger partial charge in [-0.15, -0.1) is 0 Å². The highest BCUT2D eigenvalue weighted by atomic mass is 16.2. The predicted molar refractivity (Wildman–Crippen MR) is 64.2 cm³/mol. The van der Waals surface area contributed by atoms with Crippen LogP contribution in [0.2, 0.25) is 0 Å². The number of carbonyl (C=O) groups excluding carboxylic acids is 2. The molecule has 1 N–H and O–H groups in total. The van der Waals surface area contributed by atoms with E-state index in [4.69, 9.17) is 0 Å². The standard InChI is InChI=1S/C13H16N2O2/c1-9-3-5-10(6-4-9)8-14-11-7-12(16)15(2)13(11)17/h3-6,11,14H,7-8H2,1-2H3. The summed E-state index contributed by atoms with van der Waals surface area (Å²) in [6, 6.07) is 7.74. The minimum absolute atomic E-state index is 0.114. The van der Waals surface area contributed by atoms with E-state index in [1.165, 1.54) is 17.5 Å². The molecule has 4 heteroatoms. The van der Waals surface area contributed by atoms with Crippen molar-refractivity contribution in [3.8, 4) is 0 Å². The molecular formula is C13H16N2O2. The van der Waals surface area contributed by atoms with Crippen LogP contribution in [-0.4, -0.2) is 29.8 Å². The van der Waals surface area contributed by atoms with Gasteiger partial charge in [-0.05, 0) is 12.5 Å². The first kappa shape index (κ1) is 11.8. The molecule has 4 nitrogen and oxygen atoms in total. The Kier molecular flexibility index (Phi) is 3.24. The topological polar surface area (TPSA) is 49.4 Å². The van der Waals surface area contributed by atoms with Gasteiger partial charge in [-0.1, -0.05) is 29.8 Å². The van der Waals surface area contributed by atoms with Crippen LogP contribution in [0.1, 0.15) is 17.5 Å². The highest BCUT2D eigenvalue weighted by molar-refractivity contribution is 6.05. The zero-order valence-electron chi connectivity index (χ0n) is 10.1. The number of rotatable bonds is 3. The van der Waals surface area contributed by atoms with Gasteiger partial charge in [0, 0.05) is 13.6 Å². The maximum absolute atomic E-state index is 11.6. The molecule has 2 amide bonds. The Labute approximate surface area is 101 Å². The van der Waals surface area contributed by atoms with Crippen LogP contribution in [0.25, 0.3) is 0 Å². The Morgan fingerprint density at radius 2 is 1.94 bits per heavy atom. The van der Waals surface area contributed by atoms with Crippen LogP contribution < -0.4 is 5.32 Å². The third kappa shape index (κ3) is 2.53. The molecule has 1 fully saturated rings. The van der Waals surface area contributed by atoms with Crippen LogP contribution in [0.3, 0.4) is 0 Å². The first-order valence-corrected chi connectivity index (χ1v) is 5.67. The number of imide groups is 1. The summed E-state index contributed by atoms with van der Waals surface area (Å²) < 4.78 is 0. The molecule has 1 aliphatic rings. The number of carbonyl (C=O) groups is 2. The SMILES string of the molecule is Cc1ccc(CNC2CC(=O)N(C)C2=O)cc1. The maximum Gasteiger partial charge on any atom is 0.246 e. The second-order valence-electron chi connectivity index (χ2n) is 4.41. The lowest BCUT2D eigenvalue weighted by Gasteiger charge is -2.11. The molecule has 0 bridgehead atoms. The van der Waals surface area contributed by atoms with Crippen LogP contribution in [0.15, 0.2) is 24.3 Å². The summed E-state index contributed by atoms with van der Waals surface area (Å²) in [4.78, 5) is 24.1. The summed E-state index contributed by atoms with van der Waals surface area (Å²) in [5.41, 5.74) is 2.33. The van der Waals surface area contributed by atoms with Crippen molar-refractivity contribution in [2.45, 2.75) is 25.9 Å². The number of nitrogens with one attached hydrogen (secondary N) is 1.